The zero-order chi connectivity index (χ0) is 20.4. The van der Waals surface area contributed by atoms with Crippen molar-refractivity contribution < 1.29 is 14.6 Å². The number of aliphatic hydroxyl groups excluding tert-OH is 1. The highest BCUT2D eigenvalue weighted by molar-refractivity contribution is 5.88. The SMILES string of the molecule is CNC(=O)C1(CO)CCN(c2nc(-c3ccc(OC)cc3)c3nc[nH]c3n2)CC1. The van der Waals surface area contributed by atoms with Crippen molar-refractivity contribution in [2.24, 2.45) is 5.41 Å². The predicted molar refractivity (Wildman–Crippen MR) is 109 cm³/mol. The van der Waals surface area contributed by atoms with Crippen LogP contribution in [0.3, 0.4) is 0 Å². The summed E-state index contributed by atoms with van der Waals surface area (Å²) in [6, 6.07) is 7.65. The number of carbonyl (C=O) groups is 1. The van der Waals surface area contributed by atoms with Gasteiger partial charge in [-0.1, -0.05) is 0 Å². The molecule has 1 saturated heterocycles. The highest BCUT2D eigenvalue weighted by atomic mass is 16.5. The molecule has 1 amide bonds. The molecule has 0 radical (unpaired) electrons. The number of rotatable bonds is 5. The van der Waals surface area contributed by atoms with Crippen LogP contribution in [0.25, 0.3) is 22.4 Å². The van der Waals surface area contributed by atoms with Crippen molar-refractivity contribution in [3.8, 4) is 17.0 Å². The molecule has 0 bridgehead atoms. The number of aliphatic hydroxyl groups is 1. The molecule has 0 atom stereocenters. The summed E-state index contributed by atoms with van der Waals surface area (Å²) in [5.74, 6) is 1.23. The van der Waals surface area contributed by atoms with E-state index in [0.717, 1.165) is 17.0 Å². The number of H-pyrrole nitrogens is 1. The van der Waals surface area contributed by atoms with Crippen molar-refractivity contribution in [1.29, 1.82) is 0 Å². The lowest BCUT2D eigenvalue weighted by Crippen LogP contribution is -2.50. The van der Waals surface area contributed by atoms with Crippen LogP contribution >= 0.6 is 0 Å². The Morgan fingerprint density at radius 3 is 2.62 bits per heavy atom. The topological polar surface area (TPSA) is 116 Å². The van der Waals surface area contributed by atoms with Crippen molar-refractivity contribution in [3.05, 3.63) is 30.6 Å². The highest BCUT2D eigenvalue weighted by Crippen LogP contribution is 2.34. The molecule has 3 heterocycles. The van der Waals surface area contributed by atoms with E-state index in [9.17, 15) is 9.90 Å². The van der Waals surface area contributed by atoms with Crippen LogP contribution in [0, 0.1) is 5.41 Å². The smallest absolute Gasteiger partial charge is 0.228 e. The quantitative estimate of drug-likeness (QED) is 0.596. The summed E-state index contributed by atoms with van der Waals surface area (Å²) in [5, 5.41) is 12.5. The summed E-state index contributed by atoms with van der Waals surface area (Å²) >= 11 is 0. The Balaban J connectivity index is 1.66. The minimum atomic E-state index is -0.748. The van der Waals surface area contributed by atoms with Gasteiger partial charge >= 0.3 is 0 Å². The molecule has 2 aromatic heterocycles. The summed E-state index contributed by atoms with van der Waals surface area (Å²) < 4.78 is 5.24. The summed E-state index contributed by atoms with van der Waals surface area (Å²) in [6.07, 6.45) is 2.67. The fourth-order valence-corrected chi connectivity index (χ4v) is 3.77. The third kappa shape index (κ3) is 3.38. The minimum absolute atomic E-state index is 0.122. The molecule has 1 fully saturated rings. The van der Waals surface area contributed by atoms with Crippen LogP contribution in [0.5, 0.6) is 5.75 Å². The van der Waals surface area contributed by atoms with E-state index < -0.39 is 5.41 Å². The lowest BCUT2D eigenvalue weighted by molar-refractivity contribution is -0.134. The van der Waals surface area contributed by atoms with Gasteiger partial charge in [-0.05, 0) is 37.1 Å². The van der Waals surface area contributed by atoms with Crippen molar-refractivity contribution >= 4 is 23.0 Å². The summed E-state index contributed by atoms with van der Waals surface area (Å²) in [4.78, 5) is 31.2. The largest absolute Gasteiger partial charge is 0.497 e. The molecule has 1 aliphatic rings. The number of carbonyl (C=O) groups excluding carboxylic acids is 1. The maximum atomic E-state index is 12.3. The zero-order valence-electron chi connectivity index (χ0n) is 16.5. The first-order chi connectivity index (χ1) is 14.1. The fourth-order valence-electron chi connectivity index (χ4n) is 3.77. The third-order valence-corrected chi connectivity index (χ3v) is 5.65. The Hall–Kier alpha value is -3.20. The molecule has 0 unspecified atom stereocenters. The monoisotopic (exact) mass is 396 g/mol. The van der Waals surface area contributed by atoms with Crippen LogP contribution in [0.15, 0.2) is 30.6 Å². The van der Waals surface area contributed by atoms with Gasteiger partial charge in [0.15, 0.2) is 5.65 Å². The zero-order valence-corrected chi connectivity index (χ0v) is 16.5. The molecular weight excluding hydrogens is 372 g/mol. The van der Waals surface area contributed by atoms with Gasteiger partial charge in [0, 0.05) is 25.7 Å². The van der Waals surface area contributed by atoms with Crippen LogP contribution in [0.2, 0.25) is 0 Å². The van der Waals surface area contributed by atoms with Crippen molar-refractivity contribution in [2.45, 2.75) is 12.8 Å². The predicted octanol–water partition coefficient (Wildman–Crippen LogP) is 1.35. The van der Waals surface area contributed by atoms with Gasteiger partial charge in [-0.15, -0.1) is 0 Å². The van der Waals surface area contributed by atoms with E-state index in [-0.39, 0.29) is 12.5 Å². The van der Waals surface area contributed by atoms with Crippen molar-refractivity contribution in [3.63, 3.8) is 0 Å². The second-order valence-electron chi connectivity index (χ2n) is 7.21. The number of fused-ring (bicyclic) bond motifs is 1. The van der Waals surface area contributed by atoms with Crippen molar-refractivity contribution in [2.75, 3.05) is 38.8 Å². The molecule has 0 spiro atoms. The molecule has 152 valence electrons. The van der Waals surface area contributed by atoms with E-state index in [1.807, 2.05) is 29.2 Å². The van der Waals surface area contributed by atoms with Gasteiger partial charge in [-0.2, -0.15) is 4.98 Å². The molecule has 4 rings (SSSR count). The number of nitrogens with one attached hydrogen (secondary N) is 2. The molecule has 3 N–H and O–H groups in total. The van der Waals surface area contributed by atoms with Crippen LogP contribution in [-0.4, -0.2) is 64.8 Å². The molecule has 9 nitrogen and oxygen atoms in total. The second-order valence-corrected chi connectivity index (χ2v) is 7.21. The molecule has 0 aliphatic carbocycles. The maximum absolute atomic E-state index is 12.3. The lowest BCUT2D eigenvalue weighted by Gasteiger charge is -2.39. The Labute approximate surface area is 168 Å². The van der Waals surface area contributed by atoms with Crippen molar-refractivity contribution in [1.82, 2.24) is 25.3 Å². The summed E-state index contributed by atoms with van der Waals surface area (Å²) in [6.45, 7) is 0.989. The average Bonchev–Trinajstić information content (AvgIpc) is 3.26. The van der Waals surface area contributed by atoms with Crippen LogP contribution in [0.1, 0.15) is 12.8 Å². The fraction of sp³-hybridized carbons (Fsp3) is 0.400. The summed E-state index contributed by atoms with van der Waals surface area (Å²) in [7, 11) is 3.23. The molecule has 1 aliphatic heterocycles. The van der Waals surface area contributed by atoms with E-state index >= 15 is 0 Å². The molecular formula is C20H24N6O3. The number of imidazole rings is 1. The molecule has 29 heavy (non-hydrogen) atoms. The van der Waals surface area contributed by atoms with Gasteiger partial charge in [0.2, 0.25) is 11.9 Å². The summed E-state index contributed by atoms with van der Waals surface area (Å²) in [5.41, 5.74) is 2.26. The highest BCUT2D eigenvalue weighted by Gasteiger charge is 2.41. The minimum Gasteiger partial charge on any atom is -0.497 e. The van der Waals surface area contributed by atoms with Gasteiger partial charge in [-0.3, -0.25) is 4.79 Å². The lowest BCUT2D eigenvalue weighted by atomic mass is 9.78. The van der Waals surface area contributed by atoms with E-state index in [0.29, 0.717) is 43.0 Å². The number of hydrogen-bond donors (Lipinski definition) is 3. The average molecular weight is 396 g/mol. The number of anilines is 1. The van der Waals surface area contributed by atoms with E-state index in [4.69, 9.17) is 9.72 Å². The number of ether oxygens (including phenoxy) is 1. The molecule has 0 saturated carbocycles. The second kappa shape index (κ2) is 7.67. The first-order valence-electron chi connectivity index (χ1n) is 9.54. The number of amides is 1. The van der Waals surface area contributed by atoms with E-state index in [1.54, 1.807) is 20.5 Å². The third-order valence-electron chi connectivity index (χ3n) is 5.65. The number of aromatic amines is 1. The van der Waals surface area contributed by atoms with E-state index in [2.05, 4.69) is 20.3 Å². The Morgan fingerprint density at radius 1 is 1.28 bits per heavy atom. The number of benzene rings is 1. The van der Waals surface area contributed by atoms with Gasteiger partial charge < -0.3 is 25.0 Å². The Morgan fingerprint density at radius 2 is 2.00 bits per heavy atom. The van der Waals surface area contributed by atoms with Gasteiger partial charge in [0.1, 0.15) is 17.0 Å². The van der Waals surface area contributed by atoms with Crippen LogP contribution in [-0.2, 0) is 4.79 Å². The molecule has 3 aromatic rings. The number of nitrogens with zero attached hydrogens (tertiary/aromatic N) is 4. The van der Waals surface area contributed by atoms with Crippen LogP contribution < -0.4 is 15.0 Å². The van der Waals surface area contributed by atoms with E-state index in [1.165, 1.54) is 0 Å². The number of hydrogen-bond acceptors (Lipinski definition) is 7. The first kappa shape index (κ1) is 19.1. The van der Waals surface area contributed by atoms with Gasteiger partial charge in [0.05, 0.1) is 25.5 Å². The first-order valence-corrected chi connectivity index (χ1v) is 9.54. The maximum Gasteiger partial charge on any atom is 0.228 e. The normalized spacial score (nSPS) is 16.0. The molecule has 1 aromatic carbocycles. The van der Waals surface area contributed by atoms with Gasteiger partial charge in [-0.25, -0.2) is 9.97 Å². The number of piperidine rings is 1. The number of methoxy groups -OCH3 is 1. The van der Waals surface area contributed by atoms with Crippen LogP contribution in [0.4, 0.5) is 5.95 Å². The Kier molecular flexibility index (Phi) is 5.06. The Bertz CT molecular complexity index is 1010. The molecule has 9 heteroatoms. The van der Waals surface area contributed by atoms with Gasteiger partial charge in [0.25, 0.3) is 0 Å². The number of aromatic nitrogens is 4. The standard InChI is InChI=1S/C20H24N6O3/c1-21-18(28)20(11-27)7-9-26(10-8-20)19-24-15(16-17(25-19)23-12-22-16)13-3-5-14(29-2)6-4-13/h3-6,12,27H,7-11H2,1-2H3,(H,21,28)(H,22,23,24,25).